The molecule has 1 aliphatic rings. The van der Waals surface area contributed by atoms with Crippen LogP contribution in [0.3, 0.4) is 0 Å². The number of carbonyl (C=O) groups excluding carboxylic acids is 2. The van der Waals surface area contributed by atoms with Gasteiger partial charge in [0.1, 0.15) is 5.75 Å². The summed E-state index contributed by atoms with van der Waals surface area (Å²) in [4.78, 5) is 29.2. The van der Waals surface area contributed by atoms with Crippen LogP contribution in [0.1, 0.15) is 46.8 Å². The van der Waals surface area contributed by atoms with Gasteiger partial charge in [0.25, 0.3) is 5.91 Å². The Kier molecular flexibility index (Phi) is 8.84. The first-order valence-electron chi connectivity index (χ1n) is 13.0. The third-order valence-electron chi connectivity index (χ3n) is 6.77. The summed E-state index contributed by atoms with van der Waals surface area (Å²) < 4.78 is 31.8. The van der Waals surface area contributed by atoms with Crippen molar-refractivity contribution in [1.82, 2.24) is 9.80 Å². The molecule has 38 heavy (non-hydrogen) atoms. The number of benzene rings is 3. The third-order valence-corrected chi connectivity index (χ3v) is 8.46. The molecule has 0 unspecified atom stereocenters. The summed E-state index contributed by atoms with van der Waals surface area (Å²) in [7, 11) is -3.64. The van der Waals surface area contributed by atoms with E-state index in [-0.39, 0.29) is 16.6 Å². The Labute approximate surface area is 225 Å². The number of aryl methyl sites for hydroxylation is 2. The van der Waals surface area contributed by atoms with Crippen LogP contribution in [0.2, 0.25) is 0 Å². The molecule has 8 heteroatoms. The molecule has 1 aliphatic heterocycles. The molecule has 0 saturated carbocycles. The van der Waals surface area contributed by atoms with Gasteiger partial charge in [-0.1, -0.05) is 61.9 Å². The fourth-order valence-electron chi connectivity index (χ4n) is 4.43. The predicted octanol–water partition coefficient (Wildman–Crippen LogP) is 5.27. The number of ether oxygens (including phenoxy) is 1. The number of carbonyl (C=O) groups is 2. The van der Waals surface area contributed by atoms with Crippen molar-refractivity contribution in [3.05, 3.63) is 95.1 Å². The van der Waals surface area contributed by atoms with Crippen molar-refractivity contribution >= 4 is 21.8 Å². The van der Waals surface area contributed by atoms with Crippen LogP contribution < -0.4 is 4.74 Å². The Morgan fingerprint density at radius 2 is 1.47 bits per heavy atom. The minimum atomic E-state index is -3.64. The van der Waals surface area contributed by atoms with Crippen LogP contribution in [0.25, 0.3) is 0 Å². The zero-order chi connectivity index (χ0) is 27.1. The predicted molar refractivity (Wildman–Crippen MR) is 147 cm³/mol. The summed E-state index contributed by atoms with van der Waals surface area (Å²) in [5.74, 6) is 0.105. The van der Waals surface area contributed by atoms with Crippen LogP contribution in [0.4, 0.5) is 4.79 Å². The quantitative estimate of drug-likeness (QED) is 0.393. The lowest BCUT2D eigenvalue weighted by Gasteiger charge is -2.34. The lowest BCUT2D eigenvalue weighted by atomic mass is 10.1. The van der Waals surface area contributed by atoms with Crippen LogP contribution >= 0.6 is 0 Å². The summed E-state index contributed by atoms with van der Waals surface area (Å²) in [5.41, 5.74) is 2.99. The van der Waals surface area contributed by atoms with Gasteiger partial charge in [-0.2, -0.15) is 0 Å². The fourth-order valence-corrected chi connectivity index (χ4v) is 5.80. The molecule has 0 atom stereocenters. The molecule has 0 aliphatic carbocycles. The zero-order valence-electron chi connectivity index (χ0n) is 21.9. The van der Waals surface area contributed by atoms with E-state index in [2.05, 4.69) is 6.92 Å². The maximum atomic E-state index is 13.3. The molecule has 2 amide bonds. The van der Waals surface area contributed by atoms with Gasteiger partial charge in [0.2, 0.25) is 0 Å². The lowest BCUT2D eigenvalue weighted by Crippen LogP contribution is -2.51. The monoisotopic (exact) mass is 534 g/mol. The van der Waals surface area contributed by atoms with Crippen LogP contribution in [0.5, 0.6) is 5.75 Å². The molecule has 0 radical (unpaired) electrons. The molecular formula is C30H34N2O5S. The van der Waals surface area contributed by atoms with E-state index in [1.54, 1.807) is 53.1 Å². The normalized spacial score (nSPS) is 13.8. The highest BCUT2D eigenvalue weighted by molar-refractivity contribution is 7.90. The van der Waals surface area contributed by atoms with E-state index in [0.717, 1.165) is 24.8 Å². The summed E-state index contributed by atoms with van der Waals surface area (Å²) in [6.07, 6.45) is 2.74. The van der Waals surface area contributed by atoms with E-state index in [9.17, 15) is 18.0 Å². The number of unbranched alkanes of at least 4 members (excludes halogenated alkanes) is 1. The molecule has 3 aromatic carbocycles. The number of para-hydroxylation sites is 1. The summed E-state index contributed by atoms with van der Waals surface area (Å²) in [6, 6.07) is 21.3. The Hall–Kier alpha value is -3.65. The number of hydrogen-bond donors (Lipinski definition) is 0. The van der Waals surface area contributed by atoms with Crippen LogP contribution in [0.15, 0.2) is 77.7 Å². The number of piperazine rings is 1. The highest BCUT2D eigenvalue weighted by atomic mass is 32.2. The molecule has 4 rings (SSSR count). The van der Waals surface area contributed by atoms with Crippen molar-refractivity contribution in [1.29, 1.82) is 0 Å². The van der Waals surface area contributed by atoms with Crippen molar-refractivity contribution in [2.24, 2.45) is 0 Å². The van der Waals surface area contributed by atoms with Gasteiger partial charge < -0.3 is 14.5 Å². The van der Waals surface area contributed by atoms with Crippen LogP contribution in [0, 0.1) is 6.92 Å². The van der Waals surface area contributed by atoms with Crippen molar-refractivity contribution < 1.29 is 22.7 Å². The molecule has 1 heterocycles. The number of sulfone groups is 1. The van der Waals surface area contributed by atoms with Crippen LogP contribution in [-0.4, -0.2) is 56.4 Å². The van der Waals surface area contributed by atoms with Crippen LogP contribution in [-0.2, 0) is 22.0 Å². The molecular weight excluding hydrogens is 500 g/mol. The van der Waals surface area contributed by atoms with Gasteiger partial charge in [0.15, 0.2) is 9.84 Å². The van der Waals surface area contributed by atoms with Gasteiger partial charge in [-0.25, -0.2) is 13.2 Å². The molecule has 200 valence electrons. The summed E-state index contributed by atoms with van der Waals surface area (Å²) in [6.45, 7) is 5.29. The Morgan fingerprint density at radius 1 is 0.842 bits per heavy atom. The Balaban J connectivity index is 1.40. The minimum absolute atomic E-state index is 0.125. The summed E-state index contributed by atoms with van der Waals surface area (Å²) >= 11 is 0. The standard InChI is InChI=1S/C30H34N2O5S/c1-3-4-8-24-12-14-25(15-13-24)22-38(35,36)27-16-11-23(2)28(21-27)29(33)31-17-19-32(20-18-31)30(34)37-26-9-6-5-7-10-26/h5-7,9-16,21H,3-4,8,17-20,22H2,1-2H3. The molecule has 0 aromatic heterocycles. The van der Waals surface area contributed by atoms with Crippen molar-refractivity contribution in [2.45, 2.75) is 43.8 Å². The lowest BCUT2D eigenvalue weighted by molar-refractivity contribution is 0.0632. The van der Waals surface area contributed by atoms with E-state index in [1.807, 2.05) is 30.3 Å². The Bertz CT molecular complexity index is 1360. The first kappa shape index (κ1) is 27.4. The van der Waals surface area contributed by atoms with Gasteiger partial charge in [0.05, 0.1) is 10.6 Å². The minimum Gasteiger partial charge on any atom is -0.410 e. The molecule has 1 saturated heterocycles. The summed E-state index contributed by atoms with van der Waals surface area (Å²) in [5, 5.41) is 0. The Morgan fingerprint density at radius 3 is 2.13 bits per heavy atom. The maximum Gasteiger partial charge on any atom is 0.415 e. The maximum absolute atomic E-state index is 13.3. The molecule has 0 N–H and O–H groups in total. The molecule has 0 spiro atoms. The van der Waals surface area contributed by atoms with E-state index in [0.29, 0.717) is 43.1 Å². The smallest absolute Gasteiger partial charge is 0.410 e. The highest BCUT2D eigenvalue weighted by Crippen LogP contribution is 2.22. The van der Waals surface area contributed by atoms with E-state index >= 15 is 0 Å². The molecule has 7 nitrogen and oxygen atoms in total. The van der Waals surface area contributed by atoms with E-state index in [1.165, 1.54) is 11.6 Å². The van der Waals surface area contributed by atoms with E-state index < -0.39 is 15.9 Å². The number of hydrogen-bond acceptors (Lipinski definition) is 5. The van der Waals surface area contributed by atoms with Gasteiger partial charge in [-0.3, -0.25) is 4.79 Å². The highest BCUT2D eigenvalue weighted by Gasteiger charge is 2.28. The van der Waals surface area contributed by atoms with Crippen molar-refractivity contribution in [3.8, 4) is 5.75 Å². The first-order valence-corrected chi connectivity index (χ1v) is 14.6. The van der Waals surface area contributed by atoms with Gasteiger partial charge in [-0.05, 0) is 60.7 Å². The third kappa shape index (κ3) is 6.81. The van der Waals surface area contributed by atoms with Gasteiger partial charge >= 0.3 is 6.09 Å². The second kappa shape index (κ2) is 12.3. The average molecular weight is 535 g/mol. The second-order valence-electron chi connectivity index (χ2n) is 9.62. The number of nitrogens with zero attached hydrogens (tertiary/aromatic N) is 2. The first-order chi connectivity index (χ1) is 18.3. The van der Waals surface area contributed by atoms with Gasteiger partial charge in [0, 0.05) is 31.7 Å². The molecule has 0 bridgehead atoms. The second-order valence-corrected chi connectivity index (χ2v) is 11.6. The fraction of sp³-hybridized carbons (Fsp3) is 0.333. The topological polar surface area (TPSA) is 84.0 Å². The largest absolute Gasteiger partial charge is 0.415 e. The zero-order valence-corrected chi connectivity index (χ0v) is 22.7. The van der Waals surface area contributed by atoms with Crippen molar-refractivity contribution in [2.75, 3.05) is 26.2 Å². The molecule has 1 fully saturated rings. The average Bonchev–Trinajstić information content (AvgIpc) is 2.93. The SMILES string of the molecule is CCCCc1ccc(CS(=O)(=O)c2ccc(C)c(C(=O)N3CCN(C(=O)Oc4ccccc4)CC3)c2)cc1. The molecule has 3 aromatic rings. The van der Waals surface area contributed by atoms with Gasteiger partial charge in [-0.15, -0.1) is 0 Å². The van der Waals surface area contributed by atoms with Crippen molar-refractivity contribution in [3.63, 3.8) is 0 Å². The number of rotatable bonds is 8. The number of amides is 2. The van der Waals surface area contributed by atoms with E-state index in [4.69, 9.17) is 4.74 Å².